The third-order valence-electron chi connectivity index (χ3n) is 3.37. The summed E-state index contributed by atoms with van der Waals surface area (Å²) in [6.07, 6.45) is 2.18. The Bertz CT molecular complexity index is 645. The Morgan fingerprint density at radius 2 is 2.06 bits per heavy atom. The van der Waals surface area contributed by atoms with Gasteiger partial charge >= 0.3 is 0 Å². The Hall–Kier alpha value is -2.28. The van der Waals surface area contributed by atoms with Crippen molar-refractivity contribution < 1.29 is 4.79 Å². The van der Waals surface area contributed by atoms with Crippen molar-refractivity contribution in [2.75, 3.05) is 13.1 Å². The number of hydrogen-bond acceptors (Lipinski definition) is 2. The quantitative estimate of drug-likeness (QED) is 0.829. The Kier molecular flexibility index (Phi) is 2.52. The normalized spacial score (nSPS) is 14.9. The van der Waals surface area contributed by atoms with Crippen molar-refractivity contribution in [3.8, 4) is 6.07 Å². The Morgan fingerprint density at radius 1 is 1.28 bits per heavy atom. The topological polar surface area (TPSA) is 59.9 Å². The molecule has 0 unspecified atom stereocenters. The number of nitriles is 1. The van der Waals surface area contributed by atoms with Crippen LogP contribution in [-0.2, 0) is 0 Å². The molecule has 90 valence electrons. The van der Waals surface area contributed by atoms with Crippen molar-refractivity contribution in [2.45, 2.75) is 12.8 Å². The minimum atomic E-state index is 0.0576. The number of H-pyrrole nitrogens is 1. The van der Waals surface area contributed by atoms with Gasteiger partial charge in [-0.1, -0.05) is 0 Å². The maximum atomic E-state index is 12.2. The van der Waals surface area contributed by atoms with E-state index in [-0.39, 0.29) is 5.91 Å². The SMILES string of the molecule is N#Cc1ccc2[nH]c(C(=O)N3CCCC3)cc2c1. The Labute approximate surface area is 105 Å². The molecule has 2 heterocycles. The minimum Gasteiger partial charge on any atom is -0.351 e. The first-order chi connectivity index (χ1) is 8.78. The fraction of sp³-hybridized carbons (Fsp3) is 0.286. The molecule has 1 N–H and O–H groups in total. The van der Waals surface area contributed by atoms with Gasteiger partial charge in [0.1, 0.15) is 5.69 Å². The summed E-state index contributed by atoms with van der Waals surface area (Å²) in [7, 11) is 0. The molecule has 4 heteroatoms. The van der Waals surface area contributed by atoms with Crippen LogP contribution in [0.1, 0.15) is 28.9 Å². The van der Waals surface area contributed by atoms with Crippen LogP contribution in [0.25, 0.3) is 10.9 Å². The zero-order valence-electron chi connectivity index (χ0n) is 9.94. The van der Waals surface area contributed by atoms with Gasteiger partial charge in [-0.3, -0.25) is 4.79 Å². The van der Waals surface area contributed by atoms with Crippen LogP contribution in [0, 0.1) is 11.3 Å². The number of nitrogens with one attached hydrogen (secondary N) is 1. The van der Waals surface area contributed by atoms with Gasteiger partial charge in [0.05, 0.1) is 11.6 Å². The summed E-state index contributed by atoms with van der Waals surface area (Å²) < 4.78 is 0. The minimum absolute atomic E-state index is 0.0576. The number of fused-ring (bicyclic) bond motifs is 1. The van der Waals surface area contributed by atoms with Gasteiger partial charge in [0.2, 0.25) is 0 Å². The summed E-state index contributed by atoms with van der Waals surface area (Å²) in [5.74, 6) is 0.0576. The number of aromatic amines is 1. The first-order valence-corrected chi connectivity index (χ1v) is 6.10. The molecule has 0 bridgehead atoms. The van der Waals surface area contributed by atoms with Crippen molar-refractivity contribution in [1.82, 2.24) is 9.88 Å². The van der Waals surface area contributed by atoms with E-state index in [2.05, 4.69) is 11.1 Å². The van der Waals surface area contributed by atoms with E-state index in [0.29, 0.717) is 11.3 Å². The first-order valence-electron chi connectivity index (χ1n) is 6.10. The van der Waals surface area contributed by atoms with Crippen LogP contribution in [-0.4, -0.2) is 28.9 Å². The van der Waals surface area contributed by atoms with Gasteiger partial charge in [0.15, 0.2) is 0 Å². The van der Waals surface area contributed by atoms with Crippen molar-refractivity contribution >= 4 is 16.8 Å². The number of aromatic nitrogens is 1. The number of likely N-dealkylation sites (tertiary alicyclic amines) is 1. The molecule has 18 heavy (non-hydrogen) atoms. The molecular formula is C14H13N3O. The van der Waals surface area contributed by atoms with Gasteiger partial charge in [-0.05, 0) is 37.1 Å². The predicted molar refractivity (Wildman–Crippen MR) is 68.2 cm³/mol. The molecule has 0 radical (unpaired) electrons. The molecule has 1 amide bonds. The largest absolute Gasteiger partial charge is 0.351 e. The number of amides is 1. The van der Waals surface area contributed by atoms with Gasteiger partial charge < -0.3 is 9.88 Å². The molecule has 1 aromatic heterocycles. The zero-order valence-corrected chi connectivity index (χ0v) is 9.94. The van der Waals surface area contributed by atoms with Gasteiger partial charge in [-0.25, -0.2) is 0 Å². The number of carbonyl (C=O) groups is 1. The van der Waals surface area contributed by atoms with Crippen molar-refractivity contribution in [3.63, 3.8) is 0 Å². The molecule has 4 nitrogen and oxygen atoms in total. The summed E-state index contributed by atoms with van der Waals surface area (Å²) in [6.45, 7) is 1.69. The van der Waals surface area contributed by atoms with Crippen molar-refractivity contribution in [2.24, 2.45) is 0 Å². The summed E-state index contributed by atoms with van der Waals surface area (Å²) in [5, 5.41) is 9.76. The van der Waals surface area contributed by atoms with E-state index in [0.717, 1.165) is 36.8 Å². The molecule has 0 aliphatic carbocycles. The lowest BCUT2D eigenvalue weighted by Crippen LogP contribution is -2.27. The molecule has 2 aromatic rings. The van der Waals surface area contributed by atoms with Crippen LogP contribution in [0.5, 0.6) is 0 Å². The van der Waals surface area contributed by atoms with E-state index in [1.807, 2.05) is 17.0 Å². The van der Waals surface area contributed by atoms with Crippen LogP contribution in [0.4, 0.5) is 0 Å². The smallest absolute Gasteiger partial charge is 0.270 e. The second kappa shape index (κ2) is 4.19. The number of nitrogens with zero attached hydrogens (tertiary/aromatic N) is 2. The maximum Gasteiger partial charge on any atom is 0.270 e. The third kappa shape index (κ3) is 1.74. The molecule has 1 saturated heterocycles. The van der Waals surface area contributed by atoms with Crippen molar-refractivity contribution in [1.29, 1.82) is 5.26 Å². The summed E-state index contributed by atoms with van der Waals surface area (Å²) in [4.78, 5) is 17.2. The van der Waals surface area contributed by atoms with Crippen LogP contribution in [0.2, 0.25) is 0 Å². The van der Waals surface area contributed by atoms with E-state index >= 15 is 0 Å². The van der Waals surface area contributed by atoms with Crippen LogP contribution < -0.4 is 0 Å². The highest BCUT2D eigenvalue weighted by atomic mass is 16.2. The lowest BCUT2D eigenvalue weighted by atomic mass is 10.2. The number of hydrogen-bond donors (Lipinski definition) is 1. The summed E-state index contributed by atoms with van der Waals surface area (Å²) in [6, 6.07) is 9.33. The molecule has 1 aromatic carbocycles. The fourth-order valence-electron chi connectivity index (χ4n) is 2.41. The highest BCUT2D eigenvalue weighted by molar-refractivity contribution is 5.98. The maximum absolute atomic E-state index is 12.2. The molecule has 1 fully saturated rings. The lowest BCUT2D eigenvalue weighted by Gasteiger charge is -2.13. The second-order valence-corrected chi connectivity index (χ2v) is 4.60. The second-order valence-electron chi connectivity index (χ2n) is 4.60. The van der Waals surface area contributed by atoms with Gasteiger partial charge in [0, 0.05) is 24.0 Å². The predicted octanol–water partition coefficient (Wildman–Crippen LogP) is 2.28. The summed E-state index contributed by atoms with van der Waals surface area (Å²) in [5.41, 5.74) is 2.13. The van der Waals surface area contributed by atoms with Crippen molar-refractivity contribution in [3.05, 3.63) is 35.5 Å². The van der Waals surface area contributed by atoms with E-state index in [9.17, 15) is 4.79 Å². The first kappa shape index (κ1) is 10.8. The highest BCUT2D eigenvalue weighted by Gasteiger charge is 2.20. The van der Waals surface area contributed by atoms with E-state index in [1.54, 1.807) is 12.1 Å². The number of rotatable bonds is 1. The van der Waals surface area contributed by atoms with Crippen LogP contribution in [0.15, 0.2) is 24.3 Å². The average Bonchev–Trinajstić information content (AvgIpc) is 3.05. The van der Waals surface area contributed by atoms with Crippen LogP contribution >= 0.6 is 0 Å². The zero-order chi connectivity index (χ0) is 12.5. The van der Waals surface area contributed by atoms with E-state index in [1.165, 1.54) is 0 Å². The van der Waals surface area contributed by atoms with Gasteiger partial charge in [0.25, 0.3) is 5.91 Å². The number of carbonyl (C=O) groups excluding carboxylic acids is 1. The number of benzene rings is 1. The van der Waals surface area contributed by atoms with E-state index < -0.39 is 0 Å². The monoisotopic (exact) mass is 239 g/mol. The van der Waals surface area contributed by atoms with Gasteiger partial charge in [-0.15, -0.1) is 0 Å². The van der Waals surface area contributed by atoms with E-state index in [4.69, 9.17) is 5.26 Å². The fourth-order valence-corrected chi connectivity index (χ4v) is 2.41. The van der Waals surface area contributed by atoms with Crippen LogP contribution in [0.3, 0.4) is 0 Å². The molecule has 0 saturated carbocycles. The summed E-state index contributed by atoms with van der Waals surface area (Å²) >= 11 is 0. The highest BCUT2D eigenvalue weighted by Crippen LogP contribution is 2.19. The molecule has 1 aliphatic rings. The molecule has 0 atom stereocenters. The Balaban J connectivity index is 1.98. The van der Waals surface area contributed by atoms with Gasteiger partial charge in [-0.2, -0.15) is 5.26 Å². The standard InChI is InChI=1S/C14H13N3O/c15-9-10-3-4-12-11(7-10)8-13(16-12)14(18)17-5-1-2-6-17/h3-4,7-8,16H,1-2,5-6H2. The molecule has 1 aliphatic heterocycles. The molecule has 3 rings (SSSR count). The Morgan fingerprint density at radius 3 is 2.78 bits per heavy atom. The average molecular weight is 239 g/mol. The lowest BCUT2D eigenvalue weighted by molar-refractivity contribution is 0.0788. The molecule has 0 spiro atoms. The third-order valence-corrected chi connectivity index (χ3v) is 3.37. The molecular weight excluding hydrogens is 226 g/mol.